The third-order valence-corrected chi connectivity index (χ3v) is 3.58. The molecule has 0 aromatic heterocycles. The molecule has 104 valence electrons. The molecule has 7 nitrogen and oxygen atoms in total. The van der Waals surface area contributed by atoms with Gasteiger partial charge in [-0.3, -0.25) is 4.79 Å². The molecule has 1 atom stereocenters. The minimum atomic E-state index is -3.73. The second-order valence-corrected chi connectivity index (χ2v) is 5.64. The maximum atomic E-state index is 11.5. The van der Waals surface area contributed by atoms with Crippen LogP contribution >= 0.6 is 0 Å². The van der Waals surface area contributed by atoms with Gasteiger partial charge in [0, 0.05) is 0 Å². The highest BCUT2D eigenvalue weighted by Gasteiger charge is 2.24. The van der Waals surface area contributed by atoms with E-state index in [2.05, 4.69) is 5.32 Å². The van der Waals surface area contributed by atoms with E-state index in [9.17, 15) is 18.0 Å². The fraction of sp³-hybridized carbons (Fsp3) is 0.273. The van der Waals surface area contributed by atoms with Crippen molar-refractivity contribution in [2.45, 2.75) is 6.04 Å². The third kappa shape index (κ3) is 4.68. The van der Waals surface area contributed by atoms with Crippen LogP contribution < -0.4 is 10.0 Å². The summed E-state index contributed by atoms with van der Waals surface area (Å²) >= 11 is 0. The quantitative estimate of drug-likeness (QED) is 0.651. The topological polar surface area (TPSA) is 113 Å². The highest BCUT2D eigenvalue weighted by atomic mass is 32.2. The molecule has 0 bridgehead atoms. The van der Waals surface area contributed by atoms with Gasteiger partial charge in [-0.25, -0.2) is 17.9 Å². The van der Waals surface area contributed by atoms with E-state index >= 15 is 0 Å². The number of benzene rings is 1. The van der Waals surface area contributed by atoms with Crippen LogP contribution in [0, 0.1) is 0 Å². The van der Waals surface area contributed by atoms with Crippen LogP contribution in [-0.4, -0.2) is 38.2 Å². The van der Waals surface area contributed by atoms with Gasteiger partial charge in [-0.05, 0) is 12.6 Å². The second-order valence-electron chi connectivity index (χ2n) is 3.71. The molecule has 19 heavy (non-hydrogen) atoms. The van der Waals surface area contributed by atoms with E-state index in [0.717, 1.165) is 0 Å². The summed E-state index contributed by atoms with van der Waals surface area (Å²) in [6, 6.07) is 6.75. The summed E-state index contributed by atoms with van der Waals surface area (Å²) in [5, 5.41) is 11.2. The molecule has 1 aromatic rings. The van der Waals surface area contributed by atoms with Crippen LogP contribution in [0.3, 0.4) is 0 Å². The van der Waals surface area contributed by atoms with Crippen LogP contribution in [0.4, 0.5) is 0 Å². The molecule has 3 N–H and O–H groups in total. The fourth-order valence-corrected chi connectivity index (χ4v) is 1.95. The van der Waals surface area contributed by atoms with E-state index in [4.69, 9.17) is 5.11 Å². The number of carboxylic acid groups (broad SMARTS) is 1. The number of sulfonamides is 1. The average molecular weight is 286 g/mol. The molecule has 1 aromatic carbocycles. The molecule has 0 spiro atoms. The Morgan fingerprint density at radius 3 is 2.32 bits per heavy atom. The Morgan fingerprint density at radius 2 is 1.84 bits per heavy atom. The number of carboxylic acids is 1. The Morgan fingerprint density at radius 1 is 1.26 bits per heavy atom. The van der Waals surface area contributed by atoms with Gasteiger partial charge in [-0.1, -0.05) is 30.3 Å². The standard InChI is InChI=1S/C11H14N2O5S/c1-12-19(17,18)7-9(14)13-10(11(15)16)8-5-3-2-4-6-8/h2-6,10,12H,7H2,1H3,(H,13,14)(H,15,16)/t10-/m1/s1. The summed E-state index contributed by atoms with van der Waals surface area (Å²) in [5.41, 5.74) is 0.366. The highest BCUT2D eigenvalue weighted by molar-refractivity contribution is 7.90. The van der Waals surface area contributed by atoms with Gasteiger partial charge in [-0.15, -0.1) is 0 Å². The summed E-state index contributed by atoms with van der Waals surface area (Å²) in [7, 11) is -2.55. The summed E-state index contributed by atoms with van der Waals surface area (Å²) in [5.74, 6) is -2.97. The number of hydrogen-bond donors (Lipinski definition) is 3. The highest BCUT2D eigenvalue weighted by Crippen LogP contribution is 2.12. The van der Waals surface area contributed by atoms with Crippen molar-refractivity contribution in [2.24, 2.45) is 0 Å². The molecular formula is C11H14N2O5S. The Bertz CT molecular complexity index is 556. The van der Waals surface area contributed by atoms with Crippen molar-refractivity contribution in [3.63, 3.8) is 0 Å². The van der Waals surface area contributed by atoms with Crippen molar-refractivity contribution in [2.75, 3.05) is 12.8 Å². The van der Waals surface area contributed by atoms with Gasteiger partial charge in [0.2, 0.25) is 15.9 Å². The van der Waals surface area contributed by atoms with E-state index in [1.54, 1.807) is 18.2 Å². The lowest BCUT2D eigenvalue weighted by Crippen LogP contribution is -2.39. The SMILES string of the molecule is CNS(=O)(=O)CC(=O)N[C@@H](C(=O)O)c1ccccc1. The normalized spacial score (nSPS) is 12.7. The molecule has 0 aliphatic heterocycles. The van der Waals surface area contributed by atoms with Gasteiger partial charge in [-0.2, -0.15) is 0 Å². The molecule has 8 heteroatoms. The van der Waals surface area contributed by atoms with Crippen LogP contribution in [-0.2, 0) is 19.6 Å². The van der Waals surface area contributed by atoms with Crippen LogP contribution in [0.5, 0.6) is 0 Å². The maximum absolute atomic E-state index is 11.5. The van der Waals surface area contributed by atoms with Crippen LogP contribution in [0.15, 0.2) is 30.3 Å². The van der Waals surface area contributed by atoms with E-state index in [0.29, 0.717) is 5.56 Å². The van der Waals surface area contributed by atoms with E-state index in [1.807, 2.05) is 4.72 Å². The summed E-state index contributed by atoms with van der Waals surface area (Å²) in [6.45, 7) is 0. The van der Waals surface area contributed by atoms with E-state index in [-0.39, 0.29) is 0 Å². The molecule has 0 aliphatic rings. The minimum Gasteiger partial charge on any atom is -0.479 e. The van der Waals surface area contributed by atoms with E-state index < -0.39 is 33.7 Å². The zero-order valence-electron chi connectivity index (χ0n) is 10.2. The van der Waals surface area contributed by atoms with Gasteiger partial charge < -0.3 is 10.4 Å². The number of carbonyl (C=O) groups excluding carboxylic acids is 1. The Labute approximate surface area is 110 Å². The second kappa shape index (κ2) is 6.30. The predicted octanol–water partition coefficient (Wildman–Crippen LogP) is -0.522. The number of carbonyl (C=O) groups is 2. The first-order valence-electron chi connectivity index (χ1n) is 5.34. The van der Waals surface area contributed by atoms with Gasteiger partial charge in [0.1, 0.15) is 5.75 Å². The lowest BCUT2D eigenvalue weighted by Gasteiger charge is -2.14. The molecule has 1 rings (SSSR count). The first kappa shape index (κ1) is 15.1. The summed E-state index contributed by atoms with van der Waals surface area (Å²) < 4.78 is 24.3. The number of hydrogen-bond acceptors (Lipinski definition) is 4. The maximum Gasteiger partial charge on any atom is 0.330 e. The zero-order valence-corrected chi connectivity index (χ0v) is 11.0. The van der Waals surface area contributed by atoms with E-state index in [1.165, 1.54) is 19.2 Å². The molecule has 0 aliphatic carbocycles. The number of aliphatic carboxylic acids is 1. The van der Waals surface area contributed by atoms with Crippen molar-refractivity contribution in [3.05, 3.63) is 35.9 Å². The minimum absolute atomic E-state index is 0.366. The fourth-order valence-electron chi connectivity index (χ4n) is 1.38. The van der Waals surface area contributed by atoms with Crippen LogP contribution in [0.2, 0.25) is 0 Å². The molecule has 0 unspecified atom stereocenters. The largest absolute Gasteiger partial charge is 0.479 e. The molecule has 0 fully saturated rings. The van der Waals surface area contributed by atoms with Gasteiger partial charge in [0.25, 0.3) is 0 Å². The smallest absolute Gasteiger partial charge is 0.330 e. The number of rotatable bonds is 6. The lowest BCUT2D eigenvalue weighted by atomic mass is 10.1. The lowest BCUT2D eigenvalue weighted by molar-refractivity contribution is -0.141. The Hall–Kier alpha value is -1.93. The average Bonchev–Trinajstić information content (AvgIpc) is 2.36. The summed E-state index contributed by atoms with van der Waals surface area (Å²) in [4.78, 5) is 22.6. The van der Waals surface area contributed by atoms with Crippen molar-refractivity contribution in [1.82, 2.24) is 10.0 Å². The number of amides is 1. The molecule has 0 saturated heterocycles. The van der Waals surface area contributed by atoms with Gasteiger partial charge in [0.15, 0.2) is 6.04 Å². The number of nitrogens with one attached hydrogen (secondary N) is 2. The summed E-state index contributed by atoms with van der Waals surface area (Å²) in [6.07, 6.45) is 0. The molecular weight excluding hydrogens is 272 g/mol. The first-order valence-corrected chi connectivity index (χ1v) is 6.99. The predicted molar refractivity (Wildman–Crippen MR) is 67.8 cm³/mol. The Kier molecular flexibility index (Phi) is 5.02. The van der Waals surface area contributed by atoms with Crippen molar-refractivity contribution < 1.29 is 23.1 Å². The Balaban J connectivity index is 2.82. The zero-order chi connectivity index (χ0) is 14.5. The molecule has 1 amide bonds. The van der Waals surface area contributed by atoms with Gasteiger partial charge in [0.05, 0.1) is 0 Å². The van der Waals surface area contributed by atoms with Crippen LogP contribution in [0.25, 0.3) is 0 Å². The van der Waals surface area contributed by atoms with Crippen molar-refractivity contribution in [3.8, 4) is 0 Å². The molecule has 0 heterocycles. The first-order chi connectivity index (χ1) is 8.85. The molecule has 0 saturated carbocycles. The van der Waals surface area contributed by atoms with Gasteiger partial charge >= 0.3 is 5.97 Å². The van der Waals surface area contributed by atoms with Crippen LogP contribution in [0.1, 0.15) is 11.6 Å². The monoisotopic (exact) mass is 286 g/mol. The molecule has 0 radical (unpaired) electrons. The van der Waals surface area contributed by atoms with Crippen molar-refractivity contribution in [1.29, 1.82) is 0 Å². The van der Waals surface area contributed by atoms with Crippen molar-refractivity contribution >= 4 is 21.9 Å². The third-order valence-electron chi connectivity index (χ3n) is 2.32.